The first-order chi connectivity index (χ1) is 13.0. The zero-order valence-corrected chi connectivity index (χ0v) is 15.5. The van der Waals surface area contributed by atoms with Crippen LogP contribution in [0.1, 0.15) is 29.9 Å². The van der Waals surface area contributed by atoms with Crippen molar-refractivity contribution < 1.29 is 14.0 Å². The van der Waals surface area contributed by atoms with Gasteiger partial charge < -0.3 is 15.5 Å². The van der Waals surface area contributed by atoms with Crippen LogP contribution in [0.15, 0.2) is 46.9 Å². The van der Waals surface area contributed by atoms with Crippen molar-refractivity contribution in [2.24, 2.45) is 11.7 Å². The van der Waals surface area contributed by atoms with Gasteiger partial charge in [-0.25, -0.2) is 0 Å². The topological polar surface area (TPSA) is 88.6 Å². The van der Waals surface area contributed by atoms with Crippen molar-refractivity contribution in [2.45, 2.75) is 26.3 Å². The predicted molar refractivity (Wildman–Crippen MR) is 105 cm³/mol. The van der Waals surface area contributed by atoms with Gasteiger partial charge in [0, 0.05) is 24.2 Å². The molecule has 27 heavy (non-hydrogen) atoms. The summed E-state index contributed by atoms with van der Waals surface area (Å²) in [5.74, 6) is 1.05. The average molecular weight is 367 g/mol. The number of furan rings is 1. The number of amides is 2. The van der Waals surface area contributed by atoms with Crippen LogP contribution in [0.3, 0.4) is 0 Å². The molecule has 1 aliphatic heterocycles. The number of hydrogen-bond acceptors (Lipinski definition) is 4. The van der Waals surface area contributed by atoms with Crippen molar-refractivity contribution >= 4 is 23.6 Å². The van der Waals surface area contributed by atoms with Crippen molar-refractivity contribution in [2.75, 3.05) is 18.4 Å². The van der Waals surface area contributed by atoms with Gasteiger partial charge in [-0.3, -0.25) is 14.5 Å². The van der Waals surface area contributed by atoms with E-state index in [1.165, 1.54) is 6.08 Å². The van der Waals surface area contributed by atoms with Gasteiger partial charge in [0.25, 0.3) is 0 Å². The van der Waals surface area contributed by atoms with Crippen molar-refractivity contribution in [1.29, 1.82) is 0 Å². The number of anilines is 1. The van der Waals surface area contributed by atoms with Gasteiger partial charge in [-0.2, -0.15) is 0 Å². The van der Waals surface area contributed by atoms with Crippen LogP contribution in [0, 0.1) is 12.8 Å². The van der Waals surface area contributed by atoms with Crippen molar-refractivity contribution in [3.8, 4) is 0 Å². The van der Waals surface area contributed by atoms with E-state index in [1.54, 1.807) is 6.08 Å². The maximum absolute atomic E-state index is 12.1. The lowest BCUT2D eigenvalue weighted by atomic mass is 9.96. The SMILES string of the molecule is Cc1ccc(C=CC(=O)Nc2cccc(CN3CCC(C(N)=O)CC3)c2)o1. The standard InChI is InChI=1S/C21H25N3O3/c1-15-5-6-19(27-15)7-8-20(25)23-18-4-2-3-16(13-18)14-24-11-9-17(10-12-24)21(22)26/h2-8,13,17H,9-12,14H2,1H3,(H2,22,26)(H,23,25). The zero-order valence-electron chi connectivity index (χ0n) is 15.5. The van der Waals surface area contributed by atoms with Crippen molar-refractivity contribution in [1.82, 2.24) is 4.90 Å². The number of piperidine rings is 1. The van der Waals surface area contributed by atoms with Gasteiger partial charge in [-0.05, 0) is 68.8 Å². The molecule has 1 saturated heterocycles. The second kappa shape index (κ2) is 8.68. The Labute approximate surface area is 159 Å². The number of carbonyl (C=O) groups is 2. The zero-order chi connectivity index (χ0) is 19.2. The van der Waals surface area contributed by atoms with Gasteiger partial charge >= 0.3 is 0 Å². The lowest BCUT2D eigenvalue weighted by Crippen LogP contribution is -2.38. The van der Waals surface area contributed by atoms with Gasteiger partial charge in [0.15, 0.2) is 0 Å². The van der Waals surface area contributed by atoms with Gasteiger partial charge in [-0.1, -0.05) is 12.1 Å². The molecule has 2 amide bonds. The molecule has 6 heteroatoms. The molecule has 0 atom stereocenters. The highest BCUT2D eigenvalue weighted by Crippen LogP contribution is 2.20. The third-order valence-electron chi connectivity index (χ3n) is 4.75. The summed E-state index contributed by atoms with van der Waals surface area (Å²) in [6.07, 6.45) is 4.72. The van der Waals surface area contributed by atoms with E-state index in [0.717, 1.165) is 49.5 Å². The molecule has 0 unspecified atom stereocenters. The van der Waals surface area contributed by atoms with E-state index in [-0.39, 0.29) is 17.7 Å². The first kappa shape index (κ1) is 18.9. The van der Waals surface area contributed by atoms with Crippen LogP contribution < -0.4 is 11.1 Å². The van der Waals surface area contributed by atoms with Gasteiger partial charge in [-0.15, -0.1) is 0 Å². The molecule has 1 aromatic carbocycles. The molecule has 2 heterocycles. The minimum absolute atomic E-state index is 0.00314. The number of aryl methyl sites for hydroxylation is 1. The average Bonchev–Trinajstić information content (AvgIpc) is 3.06. The summed E-state index contributed by atoms with van der Waals surface area (Å²) in [5, 5.41) is 2.87. The molecule has 1 fully saturated rings. The maximum Gasteiger partial charge on any atom is 0.248 e. The van der Waals surface area contributed by atoms with Crippen molar-refractivity contribution in [3.63, 3.8) is 0 Å². The molecule has 3 N–H and O–H groups in total. The summed E-state index contributed by atoms with van der Waals surface area (Å²) in [5.41, 5.74) is 7.26. The summed E-state index contributed by atoms with van der Waals surface area (Å²) in [4.78, 5) is 25.7. The first-order valence-electron chi connectivity index (χ1n) is 9.16. The number of nitrogens with one attached hydrogen (secondary N) is 1. The van der Waals surface area contributed by atoms with Crippen LogP contribution in [-0.2, 0) is 16.1 Å². The second-order valence-electron chi connectivity index (χ2n) is 6.92. The van der Waals surface area contributed by atoms with Crippen LogP contribution in [0.25, 0.3) is 6.08 Å². The van der Waals surface area contributed by atoms with Gasteiger partial charge in [0.2, 0.25) is 11.8 Å². The number of rotatable bonds is 6. The second-order valence-corrected chi connectivity index (χ2v) is 6.92. The summed E-state index contributed by atoms with van der Waals surface area (Å²) in [6.45, 7) is 4.36. The Morgan fingerprint density at radius 1 is 1.26 bits per heavy atom. The number of primary amides is 1. The molecule has 0 bridgehead atoms. The summed E-state index contributed by atoms with van der Waals surface area (Å²) in [6, 6.07) is 11.5. The smallest absolute Gasteiger partial charge is 0.248 e. The minimum atomic E-state index is -0.205. The molecule has 142 valence electrons. The van der Waals surface area contributed by atoms with E-state index in [0.29, 0.717) is 5.76 Å². The van der Waals surface area contributed by atoms with Gasteiger partial charge in [0.1, 0.15) is 11.5 Å². The Balaban J connectivity index is 1.53. The Bertz CT molecular complexity index is 833. The molecular formula is C21H25N3O3. The van der Waals surface area contributed by atoms with E-state index < -0.39 is 0 Å². The molecule has 0 aliphatic carbocycles. The highest BCUT2D eigenvalue weighted by molar-refractivity contribution is 6.01. The molecule has 1 aliphatic rings. The number of likely N-dealkylation sites (tertiary alicyclic amines) is 1. The highest BCUT2D eigenvalue weighted by Gasteiger charge is 2.22. The first-order valence-corrected chi connectivity index (χ1v) is 9.16. The van der Waals surface area contributed by atoms with E-state index in [4.69, 9.17) is 10.2 Å². The molecule has 0 spiro atoms. The monoisotopic (exact) mass is 367 g/mol. The molecule has 6 nitrogen and oxygen atoms in total. The Hall–Kier alpha value is -2.86. The van der Waals surface area contributed by atoms with Crippen LogP contribution in [0.2, 0.25) is 0 Å². The molecular weight excluding hydrogens is 342 g/mol. The number of benzene rings is 1. The number of nitrogens with zero attached hydrogens (tertiary/aromatic N) is 1. The van der Waals surface area contributed by atoms with E-state index in [1.807, 2.05) is 43.3 Å². The van der Waals surface area contributed by atoms with Crippen molar-refractivity contribution in [3.05, 3.63) is 59.6 Å². The van der Waals surface area contributed by atoms with Crippen LogP contribution in [-0.4, -0.2) is 29.8 Å². The van der Waals surface area contributed by atoms with Gasteiger partial charge in [0.05, 0.1) is 0 Å². The molecule has 1 aromatic heterocycles. The normalized spacial score (nSPS) is 15.9. The molecule has 0 radical (unpaired) electrons. The minimum Gasteiger partial charge on any atom is -0.462 e. The van der Waals surface area contributed by atoms with E-state index in [2.05, 4.69) is 10.2 Å². The number of hydrogen-bond donors (Lipinski definition) is 2. The Morgan fingerprint density at radius 2 is 2.04 bits per heavy atom. The quantitative estimate of drug-likeness (QED) is 0.768. The summed E-state index contributed by atoms with van der Waals surface area (Å²) in [7, 11) is 0. The van der Waals surface area contributed by atoms with Crippen LogP contribution in [0.5, 0.6) is 0 Å². The predicted octanol–water partition coefficient (Wildman–Crippen LogP) is 2.94. The Kier molecular flexibility index (Phi) is 6.08. The van der Waals surface area contributed by atoms with E-state index in [9.17, 15) is 9.59 Å². The Morgan fingerprint density at radius 3 is 2.70 bits per heavy atom. The highest BCUT2D eigenvalue weighted by atomic mass is 16.3. The fraction of sp³-hybridized carbons (Fsp3) is 0.333. The third kappa shape index (κ3) is 5.56. The molecule has 2 aromatic rings. The maximum atomic E-state index is 12.1. The fourth-order valence-electron chi connectivity index (χ4n) is 3.27. The number of carbonyl (C=O) groups excluding carboxylic acids is 2. The molecule has 3 rings (SSSR count). The summed E-state index contributed by atoms with van der Waals surface area (Å²) < 4.78 is 5.41. The van der Waals surface area contributed by atoms with Crippen LogP contribution in [0.4, 0.5) is 5.69 Å². The lowest BCUT2D eigenvalue weighted by molar-refractivity contribution is -0.123. The van der Waals surface area contributed by atoms with Crippen LogP contribution >= 0.6 is 0 Å². The number of nitrogens with two attached hydrogens (primary N) is 1. The lowest BCUT2D eigenvalue weighted by Gasteiger charge is -2.30. The third-order valence-corrected chi connectivity index (χ3v) is 4.75. The fourth-order valence-corrected chi connectivity index (χ4v) is 3.27. The molecule has 0 saturated carbocycles. The van der Waals surface area contributed by atoms with E-state index >= 15 is 0 Å². The summed E-state index contributed by atoms with van der Waals surface area (Å²) >= 11 is 0. The largest absolute Gasteiger partial charge is 0.462 e.